The molecule has 4 aromatic rings. The van der Waals surface area contributed by atoms with Crippen LogP contribution in [0.25, 0.3) is 28.0 Å². The molecule has 4 heterocycles. The molecular formula is C18H19N7. The summed E-state index contributed by atoms with van der Waals surface area (Å²) < 4.78 is 3.98. The van der Waals surface area contributed by atoms with E-state index in [0.717, 1.165) is 28.0 Å². The van der Waals surface area contributed by atoms with Gasteiger partial charge in [0, 0.05) is 23.5 Å². The number of aromatic nitrogens is 7. The molecule has 0 unspecified atom stereocenters. The zero-order chi connectivity index (χ0) is 16.8. The molecule has 5 rings (SSSR count). The quantitative estimate of drug-likeness (QED) is 0.624. The number of hydrogen-bond donors (Lipinski definition) is 1. The summed E-state index contributed by atoms with van der Waals surface area (Å²) in [7, 11) is 0. The van der Waals surface area contributed by atoms with Crippen molar-refractivity contribution in [1.29, 1.82) is 0 Å². The van der Waals surface area contributed by atoms with Gasteiger partial charge in [-0.05, 0) is 24.8 Å². The van der Waals surface area contributed by atoms with Gasteiger partial charge in [0.2, 0.25) is 0 Å². The summed E-state index contributed by atoms with van der Waals surface area (Å²) in [6, 6.07) is 2.48. The Morgan fingerprint density at radius 1 is 1.12 bits per heavy atom. The first-order valence-corrected chi connectivity index (χ1v) is 8.67. The molecule has 0 radical (unpaired) electrons. The highest BCUT2D eigenvalue weighted by Gasteiger charge is 2.26. The minimum Gasteiger partial charge on any atom is -0.285 e. The summed E-state index contributed by atoms with van der Waals surface area (Å²) in [4.78, 5) is 4.87. The van der Waals surface area contributed by atoms with E-state index in [1.165, 1.54) is 19.3 Å². The van der Waals surface area contributed by atoms with Crippen molar-refractivity contribution in [3.05, 3.63) is 43.2 Å². The van der Waals surface area contributed by atoms with Crippen molar-refractivity contribution in [2.75, 3.05) is 0 Å². The average Bonchev–Trinajstić information content (AvgIpc) is 3.39. The largest absolute Gasteiger partial charge is 0.285 e. The van der Waals surface area contributed by atoms with E-state index in [4.69, 9.17) is 4.98 Å². The van der Waals surface area contributed by atoms with Crippen LogP contribution in [-0.4, -0.2) is 34.6 Å². The minimum atomic E-state index is 0.492. The third-order valence-corrected chi connectivity index (χ3v) is 5.21. The van der Waals surface area contributed by atoms with Crippen LogP contribution in [0.1, 0.15) is 32.2 Å². The van der Waals surface area contributed by atoms with Crippen molar-refractivity contribution in [3.63, 3.8) is 0 Å². The van der Waals surface area contributed by atoms with Gasteiger partial charge in [0.15, 0.2) is 0 Å². The lowest BCUT2D eigenvalue weighted by Crippen LogP contribution is -2.11. The Morgan fingerprint density at radius 3 is 2.88 bits per heavy atom. The maximum Gasteiger partial charge on any atom is 0.0999 e. The van der Waals surface area contributed by atoms with Gasteiger partial charge >= 0.3 is 0 Å². The second-order valence-electron chi connectivity index (χ2n) is 6.81. The Labute approximate surface area is 144 Å². The maximum atomic E-state index is 4.87. The fourth-order valence-corrected chi connectivity index (χ4v) is 3.83. The third-order valence-electron chi connectivity index (χ3n) is 5.21. The summed E-state index contributed by atoms with van der Waals surface area (Å²) in [5.41, 5.74) is 4.67. The molecule has 1 aliphatic rings. The Morgan fingerprint density at radius 2 is 2.08 bits per heavy atom. The van der Waals surface area contributed by atoms with Crippen LogP contribution >= 0.6 is 0 Å². The lowest BCUT2D eigenvalue weighted by molar-refractivity contribution is 0.375. The van der Waals surface area contributed by atoms with Crippen molar-refractivity contribution >= 4 is 5.52 Å². The molecule has 0 bridgehead atoms. The van der Waals surface area contributed by atoms with Crippen molar-refractivity contribution in [2.45, 2.75) is 32.2 Å². The van der Waals surface area contributed by atoms with E-state index >= 15 is 0 Å². The van der Waals surface area contributed by atoms with E-state index in [9.17, 15) is 0 Å². The van der Waals surface area contributed by atoms with Crippen LogP contribution in [0, 0.1) is 5.92 Å². The Balaban J connectivity index is 1.63. The highest BCUT2D eigenvalue weighted by Crippen LogP contribution is 2.36. The zero-order valence-corrected chi connectivity index (χ0v) is 14.0. The van der Waals surface area contributed by atoms with E-state index < -0.39 is 0 Å². The lowest BCUT2D eigenvalue weighted by Gasteiger charge is -2.15. The molecule has 2 atom stereocenters. The highest BCUT2D eigenvalue weighted by molar-refractivity contribution is 5.78. The number of aromatic amines is 1. The fourth-order valence-electron chi connectivity index (χ4n) is 3.83. The van der Waals surface area contributed by atoms with E-state index in [0.29, 0.717) is 12.0 Å². The average molecular weight is 333 g/mol. The first-order valence-electron chi connectivity index (χ1n) is 8.67. The number of nitrogens with zero attached hydrogens (tertiary/aromatic N) is 6. The summed E-state index contributed by atoms with van der Waals surface area (Å²) in [5, 5.41) is 15.9. The molecule has 0 saturated heterocycles. The predicted octanol–water partition coefficient (Wildman–Crippen LogP) is 3.34. The summed E-state index contributed by atoms with van der Waals surface area (Å²) in [6.07, 6.45) is 15.1. The van der Waals surface area contributed by atoms with Crippen LogP contribution in [0.5, 0.6) is 0 Å². The van der Waals surface area contributed by atoms with Gasteiger partial charge < -0.3 is 0 Å². The Hall–Kier alpha value is -2.96. The van der Waals surface area contributed by atoms with Crippen LogP contribution in [0.15, 0.2) is 43.2 Å². The standard InChI is InChI=1S/C18H19N7/c1-12-3-2-4-16(12)24-10-14(9-22-24)18-17-5-6-21-25(17)11-15(23-18)13-7-19-20-8-13/h5-12,16H,2-4H2,1H3,(H,19,20)/t12-,16+/m1/s1. The highest BCUT2D eigenvalue weighted by atomic mass is 15.3. The smallest absolute Gasteiger partial charge is 0.0999 e. The van der Waals surface area contributed by atoms with Gasteiger partial charge in [0.1, 0.15) is 0 Å². The predicted molar refractivity (Wildman–Crippen MR) is 93.8 cm³/mol. The van der Waals surface area contributed by atoms with Gasteiger partial charge in [-0.15, -0.1) is 0 Å². The van der Waals surface area contributed by atoms with Crippen molar-refractivity contribution in [3.8, 4) is 22.5 Å². The lowest BCUT2D eigenvalue weighted by atomic mass is 10.1. The van der Waals surface area contributed by atoms with Gasteiger partial charge in [0.25, 0.3) is 0 Å². The molecule has 25 heavy (non-hydrogen) atoms. The van der Waals surface area contributed by atoms with Gasteiger partial charge in [-0.2, -0.15) is 15.3 Å². The number of rotatable bonds is 3. The first kappa shape index (κ1) is 14.4. The van der Waals surface area contributed by atoms with Gasteiger partial charge in [0.05, 0.1) is 47.7 Å². The molecule has 7 heteroatoms. The number of nitrogens with one attached hydrogen (secondary N) is 1. The number of hydrogen-bond acceptors (Lipinski definition) is 4. The third kappa shape index (κ3) is 2.34. The second kappa shape index (κ2) is 5.54. The topological polar surface area (TPSA) is 76.7 Å². The summed E-state index contributed by atoms with van der Waals surface area (Å²) in [6.45, 7) is 2.31. The molecular weight excluding hydrogens is 314 g/mol. The van der Waals surface area contributed by atoms with Crippen LogP contribution in [-0.2, 0) is 0 Å². The minimum absolute atomic E-state index is 0.492. The van der Waals surface area contributed by atoms with Crippen LogP contribution in [0.3, 0.4) is 0 Å². The molecule has 7 nitrogen and oxygen atoms in total. The summed E-state index contributed by atoms with van der Waals surface area (Å²) in [5.74, 6) is 0.674. The first-order chi connectivity index (χ1) is 12.3. The van der Waals surface area contributed by atoms with Gasteiger partial charge in [-0.25, -0.2) is 9.50 Å². The van der Waals surface area contributed by atoms with Gasteiger partial charge in [-0.1, -0.05) is 13.3 Å². The molecule has 0 amide bonds. The molecule has 126 valence electrons. The Bertz CT molecular complexity index is 1010. The fraction of sp³-hybridized carbons (Fsp3) is 0.333. The van der Waals surface area contributed by atoms with E-state index in [1.807, 2.05) is 29.2 Å². The Kier molecular flexibility index (Phi) is 3.19. The molecule has 0 spiro atoms. The monoisotopic (exact) mass is 333 g/mol. The normalized spacial score (nSPS) is 20.5. The molecule has 0 aromatic carbocycles. The van der Waals surface area contributed by atoms with Crippen LogP contribution in [0.4, 0.5) is 0 Å². The number of fused-ring (bicyclic) bond motifs is 1. The molecule has 1 saturated carbocycles. The van der Waals surface area contributed by atoms with E-state index in [-0.39, 0.29) is 0 Å². The molecule has 1 fully saturated rings. The van der Waals surface area contributed by atoms with Crippen molar-refractivity contribution in [2.24, 2.45) is 5.92 Å². The second-order valence-corrected chi connectivity index (χ2v) is 6.81. The molecule has 0 aliphatic heterocycles. The van der Waals surface area contributed by atoms with Crippen LogP contribution < -0.4 is 0 Å². The molecule has 1 N–H and O–H groups in total. The zero-order valence-electron chi connectivity index (χ0n) is 14.0. The molecule has 1 aliphatic carbocycles. The van der Waals surface area contributed by atoms with Crippen molar-refractivity contribution < 1.29 is 0 Å². The maximum absolute atomic E-state index is 4.87. The molecule has 4 aromatic heterocycles. The van der Waals surface area contributed by atoms with E-state index in [2.05, 4.69) is 38.2 Å². The van der Waals surface area contributed by atoms with E-state index in [1.54, 1.807) is 12.4 Å². The van der Waals surface area contributed by atoms with Crippen LogP contribution in [0.2, 0.25) is 0 Å². The summed E-state index contributed by atoms with van der Waals surface area (Å²) >= 11 is 0. The van der Waals surface area contributed by atoms with Gasteiger partial charge in [-0.3, -0.25) is 9.78 Å². The number of H-pyrrole nitrogens is 1. The van der Waals surface area contributed by atoms with Crippen molar-refractivity contribution in [1.82, 2.24) is 34.6 Å². The SMILES string of the molecule is C[C@@H]1CCC[C@@H]1n1cc(-c2nc(-c3cn[nH]c3)cn3nccc23)cn1.